The van der Waals surface area contributed by atoms with E-state index in [2.05, 4.69) is 10.2 Å². The van der Waals surface area contributed by atoms with Gasteiger partial charge in [-0.1, -0.05) is 0 Å². The third-order valence-corrected chi connectivity index (χ3v) is 3.34. The fourth-order valence-electron chi connectivity index (χ4n) is 2.60. The van der Waals surface area contributed by atoms with Crippen molar-refractivity contribution in [3.05, 3.63) is 35.4 Å². The third-order valence-electron chi connectivity index (χ3n) is 3.34. The van der Waals surface area contributed by atoms with E-state index in [0.717, 1.165) is 25.7 Å². The highest BCUT2D eigenvalue weighted by molar-refractivity contribution is 5.17. The molecule has 0 radical (unpaired) electrons. The zero-order valence-corrected chi connectivity index (χ0v) is 10.8. The summed E-state index contributed by atoms with van der Waals surface area (Å²) in [7, 11) is 2.00. The predicted octanol–water partition coefficient (Wildman–Crippen LogP) is 2.40. The van der Waals surface area contributed by atoms with Crippen LogP contribution in [0.3, 0.4) is 0 Å². The molecule has 4 heteroatoms. The molecule has 2 nitrogen and oxygen atoms in total. The van der Waals surface area contributed by atoms with Gasteiger partial charge in [0.1, 0.15) is 11.6 Å². The van der Waals surface area contributed by atoms with Crippen LogP contribution in [0.25, 0.3) is 0 Å². The molecule has 1 atom stereocenters. The number of rotatable bonds is 4. The van der Waals surface area contributed by atoms with E-state index < -0.39 is 11.6 Å². The van der Waals surface area contributed by atoms with E-state index in [9.17, 15) is 8.78 Å². The summed E-state index contributed by atoms with van der Waals surface area (Å²) in [6, 6.07) is 3.71. The molecule has 0 aromatic heterocycles. The van der Waals surface area contributed by atoms with E-state index >= 15 is 0 Å². The Morgan fingerprint density at radius 2 is 2.00 bits per heavy atom. The second kappa shape index (κ2) is 6.25. The number of hydrogen-bond donors (Lipinski definition) is 1. The van der Waals surface area contributed by atoms with E-state index in [1.165, 1.54) is 25.0 Å². The summed E-state index contributed by atoms with van der Waals surface area (Å²) >= 11 is 0. The van der Waals surface area contributed by atoms with E-state index in [1.807, 2.05) is 7.05 Å². The third kappa shape index (κ3) is 4.03. The van der Waals surface area contributed by atoms with Crippen LogP contribution < -0.4 is 5.32 Å². The highest BCUT2D eigenvalue weighted by Gasteiger charge is 2.15. The Labute approximate surface area is 107 Å². The standard InChI is InChI=1S/C14H20F2N2/c1-18(9-11-3-2-4-17-8-11)10-12-5-13(15)7-14(16)6-12/h5-7,11,17H,2-4,8-10H2,1H3. The van der Waals surface area contributed by atoms with Crippen molar-refractivity contribution >= 4 is 0 Å². The summed E-state index contributed by atoms with van der Waals surface area (Å²) in [6.07, 6.45) is 2.45. The van der Waals surface area contributed by atoms with Crippen LogP contribution in [0.5, 0.6) is 0 Å². The average molecular weight is 254 g/mol. The molecule has 1 heterocycles. The topological polar surface area (TPSA) is 15.3 Å². The molecule has 2 rings (SSSR count). The molecule has 0 aliphatic carbocycles. The molecule has 1 aliphatic heterocycles. The number of piperidine rings is 1. The second-order valence-corrected chi connectivity index (χ2v) is 5.19. The Kier molecular flexibility index (Phi) is 4.66. The van der Waals surface area contributed by atoms with Gasteiger partial charge in [-0.05, 0) is 56.6 Å². The summed E-state index contributed by atoms with van der Waals surface area (Å²) in [6.45, 7) is 3.70. The van der Waals surface area contributed by atoms with Crippen LogP contribution in [0.4, 0.5) is 8.78 Å². The molecule has 18 heavy (non-hydrogen) atoms. The smallest absolute Gasteiger partial charge is 0.126 e. The van der Waals surface area contributed by atoms with Crippen LogP contribution in [0.1, 0.15) is 18.4 Å². The van der Waals surface area contributed by atoms with Crippen molar-refractivity contribution in [2.45, 2.75) is 19.4 Å². The van der Waals surface area contributed by atoms with Gasteiger partial charge < -0.3 is 10.2 Å². The van der Waals surface area contributed by atoms with Crippen LogP contribution in [0.2, 0.25) is 0 Å². The molecular weight excluding hydrogens is 234 g/mol. The van der Waals surface area contributed by atoms with E-state index in [4.69, 9.17) is 0 Å². The maximum absolute atomic E-state index is 13.1. The lowest BCUT2D eigenvalue weighted by Crippen LogP contribution is -2.36. The molecule has 1 fully saturated rings. The zero-order valence-electron chi connectivity index (χ0n) is 10.8. The second-order valence-electron chi connectivity index (χ2n) is 5.19. The molecule has 1 unspecified atom stereocenters. The number of nitrogens with zero attached hydrogens (tertiary/aromatic N) is 1. The van der Waals surface area contributed by atoms with Crippen molar-refractivity contribution in [2.75, 3.05) is 26.7 Å². The summed E-state index contributed by atoms with van der Waals surface area (Å²) < 4.78 is 26.1. The van der Waals surface area contributed by atoms with Gasteiger partial charge in [0.25, 0.3) is 0 Å². The fourth-order valence-corrected chi connectivity index (χ4v) is 2.60. The van der Waals surface area contributed by atoms with E-state index in [1.54, 1.807) is 0 Å². The molecule has 1 aliphatic rings. The van der Waals surface area contributed by atoms with Gasteiger partial charge in [-0.15, -0.1) is 0 Å². The van der Waals surface area contributed by atoms with Crippen molar-refractivity contribution in [1.82, 2.24) is 10.2 Å². The van der Waals surface area contributed by atoms with E-state index in [0.29, 0.717) is 18.0 Å². The molecule has 0 saturated carbocycles. The van der Waals surface area contributed by atoms with Crippen LogP contribution in [-0.2, 0) is 6.54 Å². The first-order chi connectivity index (χ1) is 8.63. The monoisotopic (exact) mass is 254 g/mol. The first-order valence-electron chi connectivity index (χ1n) is 6.48. The van der Waals surface area contributed by atoms with Crippen molar-refractivity contribution in [1.29, 1.82) is 0 Å². The summed E-state index contributed by atoms with van der Waals surface area (Å²) in [5.74, 6) is -0.363. The van der Waals surface area contributed by atoms with Gasteiger partial charge in [0.05, 0.1) is 0 Å². The van der Waals surface area contributed by atoms with Gasteiger partial charge in [0, 0.05) is 19.2 Å². The van der Waals surface area contributed by atoms with Gasteiger partial charge >= 0.3 is 0 Å². The Morgan fingerprint density at radius 1 is 1.28 bits per heavy atom. The normalized spacial score (nSPS) is 20.3. The molecule has 1 saturated heterocycles. The minimum Gasteiger partial charge on any atom is -0.316 e. The maximum Gasteiger partial charge on any atom is 0.126 e. The van der Waals surface area contributed by atoms with Crippen LogP contribution in [0, 0.1) is 17.6 Å². The molecule has 0 spiro atoms. The molecule has 1 N–H and O–H groups in total. The van der Waals surface area contributed by atoms with E-state index in [-0.39, 0.29) is 0 Å². The first kappa shape index (κ1) is 13.4. The van der Waals surface area contributed by atoms with Crippen LogP contribution in [0.15, 0.2) is 18.2 Å². The Bertz CT molecular complexity index is 369. The number of nitrogens with one attached hydrogen (secondary N) is 1. The largest absolute Gasteiger partial charge is 0.316 e. The minimum atomic E-state index is -0.502. The molecule has 1 aromatic carbocycles. The zero-order chi connectivity index (χ0) is 13.0. The van der Waals surface area contributed by atoms with Crippen LogP contribution in [-0.4, -0.2) is 31.6 Å². The van der Waals surface area contributed by atoms with Crippen molar-refractivity contribution in [3.8, 4) is 0 Å². The quantitative estimate of drug-likeness (QED) is 0.887. The Morgan fingerprint density at radius 3 is 2.61 bits per heavy atom. The van der Waals surface area contributed by atoms with Gasteiger partial charge in [-0.3, -0.25) is 0 Å². The fraction of sp³-hybridized carbons (Fsp3) is 0.571. The average Bonchev–Trinajstić information content (AvgIpc) is 2.28. The molecule has 0 bridgehead atoms. The lowest BCUT2D eigenvalue weighted by atomic mass is 9.99. The maximum atomic E-state index is 13.1. The van der Waals surface area contributed by atoms with Crippen LogP contribution >= 0.6 is 0 Å². The number of halogens is 2. The highest BCUT2D eigenvalue weighted by Crippen LogP contribution is 2.14. The molecule has 100 valence electrons. The van der Waals surface area contributed by atoms with Gasteiger partial charge in [-0.2, -0.15) is 0 Å². The van der Waals surface area contributed by atoms with Gasteiger partial charge in [-0.25, -0.2) is 8.78 Å². The molecule has 0 amide bonds. The molecular formula is C14H20F2N2. The summed E-state index contributed by atoms with van der Waals surface area (Å²) in [5.41, 5.74) is 0.693. The molecule has 1 aromatic rings. The Hall–Kier alpha value is -1.00. The van der Waals surface area contributed by atoms with Gasteiger partial charge in [0.2, 0.25) is 0 Å². The van der Waals surface area contributed by atoms with Crippen molar-refractivity contribution < 1.29 is 8.78 Å². The van der Waals surface area contributed by atoms with Gasteiger partial charge in [0.15, 0.2) is 0 Å². The minimum absolute atomic E-state index is 0.502. The number of benzene rings is 1. The number of hydrogen-bond acceptors (Lipinski definition) is 2. The summed E-state index contributed by atoms with van der Waals surface area (Å²) in [4.78, 5) is 2.13. The van der Waals surface area contributed by atoms with Crippen molar-refractivity contribution in [2.24, 2.45) is 5.92 Å². The lowest BCUT2D eigenvalue weighted by Gasteiger charge is -2.27. The first-order valence-corrected chi connectivity index (χ1v) is 6.48. The SMILES string of the molecule is CN(Cc1cc(F)cc(F)c1)CC1CCCNC1. The lowest BCUT2D eigenvalue weighted by molar-refractivity contribution is 0.237. The van der Waals surface area contributed by atoms with Crippen molar-refractivity contribution in [3.63, 3.8) is 0 Å². The summed E-state index contributed by atoms with van der Waals surface area (Å²) in [5, 5.41) is 3.38. The highest BCUT2D eigenvalue weighted by atomic mass is 19.1. The predicted molar refractivity (Wildman–Crippen MR) is 68.3 cm³/mol. The Balaban J connectivity index is 1.87.